The first-order valence-electron chi connectivity index (χ1n) is 3.00. The molecule has 0 rings (SSSR count). The summed E-state index contributed by atoms with van der Waals surface area (Å²) in [7, 11) is 1.25. The zero-order chi connectivity index (χ0) is 9.56. The summed E-state index contributed by atoms with van der Waals surface area (Å²) in [6, 6.07) is 0. The van der Waals surface area contributed by atoms with Gasteiger partial charge < -0.3 is 10.5 Å². The molecule has 0 aliphatic heterocycles. The molecule has 5 heteroatoms. The molecule has 0 atom stereocenters. The summed E-state index contributed by atoms with van der Waals surface area (Å²) >= 11 is 5.49. The zero-order valence-electron chi connectivity index (χ0n) is 6.58. The Labute approximate surface area is 75.4 Å². The molecular formula is C7H9ClN2O2. The molecule has 66 valence electrons. The molecule has 0 aliphatic rings. The van der Waals surface area contributed by atoms with E-state index in [2.05, 4.69) is 16.3 Å². The van der Waals surface area contributed by atoms with E-state index in [4.69, 9.17) is 17.3 Å². The Balaban J connectivity index is 4.33. The van der Waals surface area contributed by atoms with Crippen LogP contribution in [0.3, 0.4) is 0 Å². The van der Waals surface area contributed by atoms with E-state index < -0.39 is 5.97 Å². The number of halogens is 1. The quantitative estimate of drug-likeness (QED) is 0.178. The van der Waals surface area contributed by atoms with Crippen molar-refractivity contribution < 1.29 is 9.53 Å². The largest absolute Gasteiger partial charge is 0.465 e. The van der Waals surface area contributed by atoms with E-state index in [1.165, 1.54) is 13.2 Å². The highest BCUT2D eigenvalue weighted by Crippen LogP contribution is 2.07. The van der Waals surface area contributed by atoms with Gasteiger partial charge in [-0.1, -0.05) is 18.2 Å². The van der Waals surface area contributed by atoms with Gasteiger partial charge in [0.15, 0.2) is 0 Å². The highest BCUT2D eigenvalue weighted by Gasteiger charge is 2.03. The van der Waals surface area contributed by atoms with Crippen molar-refractivity contribution in [2.75, 3.05) is 7.11 Å². The van der Waals surface area contributed by atoms with E-state index in [-0.39, 0.29) is 10.7 Å². The van der Waals surface area contributed by atoms with Gasteiger partial charge in [-0.3, -0.25) is 0 Å². The number of ether oxygens (including phenoxy) is 1. The second-order valence-corrected chi connectivity index (χ2v) is 2.15. The topological polar surface area (TPSA) is 64.7 Å². The average Bonchev–Trinajstić information content (AvgIpc) is 2.03. The number of methoxy groups -OCH3 is 1. The molecule has 0 aliphatic carbocycles. The first-order valence-corrected chi connectivity index (χ1v) is 3.38. The van der Waals surface area contributed by atoms with E-state index in [9.17, 15) is 4.79 Å². The summed E-state index contributed by atoms with van der Waals surface area (Å²) in [5, 5.41) is 0.0768. The molecule has 0 saturated carbocycles. The summed E-state index contributed by atoms with van der Waals surface area (Å²) in [6.45, 7) is 3.40. The van der Waals surface area contributed by atoms with Crippen molar-refractivity contribution >= 4 is 23.9 Å². The standard InChI is InChI=1S/C7H9ClN2O2/c1-5(7(11)12-2)3-6(8)10-4-9/h3-4H,1H2,2H3,(H2,9,10)/b6-3-. The number of rotatable bonds is 3. The molecule has 0 amide bonds. The molecule has 0 saturated heterocycles. The van der Waals surface area contributed by atoms with Gasteiger partial charge in [-0.2, -0.15) is 0 Å². The van der Waals surface area contributed by atoms with Crippen molar-refractivity contribution in [2.24, 2.45) is 10.7 Å². The average molecular weight is 189 g/mol. The smallest absolute Gasteiger partial charge is 0.337 e. The zero-order valence-corrected chi connectivity index (χ0v) is 7.34. The summed E-state index contributed by atoms with van der Waals surface area (Å²) in [4.78, 5) is 14.2. The number of nitrogens with two attached hydrogens (primary N) is 1. The lowest BCUT2D eigenvalue weighted by molar-refractivity contribution is -0.135. The number of hydrogen-bond donors (Lipinski definition) is 1. The van der Waals surface area contributed by atoms with Gasteiger partial charge in [0.1, 0.15) is 5.16 Å². The summed E-state index contributed by atoms with van der Waals surface area (Å²) < 4.78 is 4.37. The first kappa shape index (κ1) is 10.7. The Morgan fingerprint density at radius 2 is 2.33 bits per heavy atom. The van der Waals surface area contributed by atoms with Crippen LogP contribution in [0.5, 0.6) is 0 Å². The van der Waals surface area contributed by atoms with Crippen LogP contribution in [0.4, 0.5) is 0 Å². The van der Waals surface area contributed by atoms with Gasteiger partial charge in [-0.15, -0.1) is 0 Å². The minimum atomic E-state index is -0.555. The lowest BCUT2D eigenvalue weighted by atomic mass is 10.3. The maximum atomic E-state index is 10.7. The highest BCUT2D eigenvalue weighted by atomic mass is 35.5. The van der Waals surface area contributed by atoms with Crippen LogP contribution in [0.1, 0.15) is 0 Å². The summed E-state index contributed by atoms with van der Waals surface area (Å²) in [5.74, 6) is -0.555. The third kappa shape index (κ3) is 3.78. The maximum Gasteiger partial charge on any atom is 0.337 e. The van der Waals surface area contributed by atoms with Crippen LogP contribution in [0.2, 0.25) is 0 Å². The normalized spacial score (nSPS) is 11.7. The number of nitrogens with zero attached hydrogens (tertiary/aromatic N) is 1. The molecule has 0 spiro atoms. The molecule has 0 bridgehead atoms. The monoisotopic (exact) mass is 188 g/mol. The fraction of sp³-hybridized carbons (Fsp3) is 0.143. The Morgan fingerprint density at radius 1 is 1.75 bits per heavy atom. The van der Waals surface area contributed by atoms with Gasteiger partial charge in [0.2, 0.25) is 0 Å². The maximum absolute atomic E-state index is 10.7. The molecule has 0 aromatic heterocycles. The van der Waals surface area contributed by atoms with Gasteiger partial charge in [0.05, 0.1) is 19.0 Å². The van der Waals surface area contributed by atoms with E-state index in [0.29, 0.717) is 0 Å². The lowest BCUT2D eigenvalue weighted by Crippen LogP contribution is -2.01. The SMILES string of the molecule is C=C(/C=C(Cl)\N=C/N)C(=O)OC. The van der Waals surface area contributed by atoms with Gasteiger partial charge in [-0.05, 0) is 6.08 Å². The third-order valence-electron chi connectivity index (χ3n) is 0.939. The van der Waals surface area contributed by atoms with E-state index >= 15 is 0 Å². The van der Waals surface area contributed by atoms with Gasteiger partial charge in [0, 0.05) is 0 Å². The Hall–Kier alpha value is -1.29. The molecule has 0 aromatic carbocycles. The van der Waals surface area contributed by atoms with Crippen molar-refractivity contribution in [3.8, 4) is 0 Å². The fourth-order valence-corrected chi connectivity index (χ4v) is 0.630. The molecule has 0 fully saturated rings. The van der Waals surface area contributed by atoms with Crippen molar-refractivity contribution in [1.82, 2.24) is 0 Å². The first-order chi connectivity index (χ1) is 5.61. The molecule has 0 aromatic rings. The van der Waals surface area contributed by atoms with Gasteiger partial charge in [-0.25, -0.2) is 9.79 Å². The van der Waals surface area contributed by atoms with Crippen LogP contribution in [0.15, 0.2) is 28.4 Å². The lowest BCUT2D eigenvalue weighted by Gasteiger charge is -1.95. The van der Waals surface area contributed by atoms with E-state index in [1.807, 2.05) is 0 Å². The predicted octanol–water partition coefficient (Wildman–Crippen LogP) is 0.783. The number of carbonyl (C=O) groups is 1. The minimum absolute atomic E-state index is 0.0768. The molecule has 0 heterocycles. The number of esters is 1. The van der Waals surface area contributed by atoms with Crippen molar-refractivity contribution in [1.29, 1.82) is 0 Å². The summed E-state index contributed by atoms with van der Waals surface area (Å²) in [5.41, 5.74) is 5.07. The Kier molecular flexibility index (Phi) is 4.79. The van der Waals surface area contributed by atoms with Crippen molar-refractivity contribution in [3.63, 3.8) is 0 Å². The highest BCUT2D eigenvalue weighted by molar-refractivity contribution is 6.30. The molecule has 0 unspecified atom stereocenters. The van der Waals surface area contributed by atoms with Crippen LogP contribution in [-0.2, 0) is 9.53 Å². The van der Waals surface area contributed by atoms with Gasteiger partial charge >= 0.3 is 5.97 Å². The minimum Gasteiger partial charge on any atom is -0.465 e. The number of carbonyl (C=O) groups excluding carboxylic acids is 1. The Bertz CT molecular complexity index is 246. The molecular weight excluding hydrogens is 180 g/mol. The van der Waals surface area contributed by atoms with Crippen molar-refractivity contribution in [2.45, 2.75) is 0 Å². The van der Waals surface area contributed by atoms with Crippen molar-refractivity contribution in [3.05, 3.63) is 23.4 Å². The second-order valence-electron chi connectivity index (χ2n) is 1.76. The van der Waals surface area contributed by atoms with Crippen LogP contribution >= 0.6 is 11.6 Å². The van der Waals surface area contributed by atoms with Crippen LogP contribution in [0, 0.1) is 0 Å². The van der Waals surface area contributed by atoms with Crippen LogP contribution in [0.25, 0.3) is 0 Å². The molecule has 4 nitrogen and oxygen atoms in total. The summed E-state index contributed by atoms with van der Waals surface area (Å²) in [6.07, 6.45) is 2.28. The Morgan fingerprint density at radius 3 is 2.75 bits per heavy atom. The molecule has 2 N–H and O–H groups in total. The fourth-order valence-electron chi connectivity index (χ4n) is 0.442. The molecule has 12 heavy (non-hydrogen) atoms. The molecule has 0 radical (unpaired) electrons. The van der Waals surface area contributed by atoms with Crippen LogP contribution < -0.4 is 5.73 Å². The second kappa shape index (κ2) is 5.37. The third-order valence-corrected chi connectivity index (χ3v) is 1.15. The predicted molar refractivity (Wildman–Crippen MR) is 47.8 cm³/mol. The number of aliphatic imine (C=N–C) groups is 1. The van der Waals surface area contributed by atoms with E-state index in [1.54, 1.807) is 0 Å². The van der Waals surface area contributed by atoms with Gasteiger partial charge in [0.25, 0.3) is 0 Å². The number of hydrogen-bond acceptors (Lipinski definition) is 3. The van der Waals surface area contributed by atoms with E-state index in [0.717, 1.165) is 6.34 Å². The van der Waals surface area contributed by atoms with Crippen LogP contribution in [-0.4, -0.2) is 19.4 Å².